The summed E-state index contributed by atoms with van der Waals surface area (Å²) < 4.78 is 0. The van der Waals surface area contributed by atoms with Crippen LogP contribution in [-0.2, 0) is 0 Å². The fraction of sp³-hybridized carbons (Fsp3) is 0.875. The molecule has 0 radical (unpaired) electrons. The molecule has 1 saturated heterocycles. The third kappa shape index (κ3) is 2.78. The van der Waals surface area contributed by atoms with E-state index < -0.39 is 0 Å². The van der Waals surface area contributed by atoms with Gasteiger partial charge in [-0.05, 0) is 12.8 Å². The van der Waals surface area contributed by atoms with Gasteiger partial charge < -0.3 is 10.6 Å². The predicted octanol–water partition coefficient (Wildman–Crippen LogP) is 1.25. The quantitative estimate of drug-likeness (QED) is 0.634. The van der Waals surface area contributed by atoms with Crippen LogP contribution >= 0.6 is 0 Å². The molecule has 2 N–H and O–H groups in total. The molecule has 0 aromatic carbocycles. The Balaban J connectivity index is 2.17. The number of nitrogens with one attached hydrogen (secondary N) is 2. The highest BCUT2D eigenvalue weighted by Gasteiger charge is 2.15. The molecule has 0 aliphatic carbocycles. The van der Waals surface area contributed by atoms with Crippen molar-refractivity contribution < 1.29 is 4.79 Å². The highest BCUT2D eigenvalue weighted by atomic mass is 16.2. The molecule has 0 aromatic rings. The largest absolute Gasteiger partial charge is 0.338 e. The Morgan fingerprint density at radius 1 is 1.64 bits per heavy atom. The lowest BCUT2D eigenvalue weighted by Gasteiger charge is -2.23. The van der Waals surface area contributed by atoms with Crippen molar-refractivity contribution in [3.05, 3.63) is 0 Å². The van der Waals surface area contributed by atoms with E-state index in [0.29, 0.717) is 6.04 Å². The molecule has 1 fully saturated rings. The molecule has 3 nitrogen and oxygen atoms in total. The van der Waals surface area contributed by atoms with Crippen molar-refractivity contribution >= 4 is 6.03 Å². The summed E-state index contributed by atoms with van der Waals surface area (Å²) in [5, 5.41) is 5.64. The van der Waals surface area contributed by atoms with Crippen molar-refractivity contribution in [2.24, 2.45) is 0 Å². The molecule has 0 aromatic heterocycles. The molecule has 0 bridgehead atoms. The van der Waals surface area contributed by atoms with Crippen molar-refractivity contribution in [3.8, 4) is 0 Å². The summed E-state index contributed by atoms with van der Waals surface area (Å²) in [7, 11) is 0. The lowest BCUT2D eigenvalue weighted by Crippen LogP contribution is -2.49. The molecular formula is C8H16N2O. The second kappa shape index (κ2) is 4.21. The molecule has 1 heterocycles. The number of carbonyl (C=O) groups excluding carboxylic acids is 1. The molecule has 64 valence electrons. The summed E-state index contributed by atoms with van der Waals surface area (Å²) in [5.41, 5.74) is 0. The van der Waals surface area contributed by atoms with E-state index in [9.17, 15) is 4.79 Å². The van der Waals surface area contributed by atoms with E-state index in [1.807, 2.05) is 0 Å². The van der Waals surface area contributed by atoms with Crippen LogP contribution in [0, 0.1) is 0 Å². The third-order valence-electron chi connectivity index (χ3n) is 2.02. The van der Waals surface area contributed by atoms with Crippen molar-refractivity contribution in [2.75, 3.05) is 6.54 Å². The maximum absolute atomic E-state index is 10.8. The van der Waals surface area contributed by atoms with Crippen LogP contribution in [0.3, 0.4) is 0 Å². The van der Waals surface area contributed by atoms with E-state index in [4.69, 9.17) is 0 Å². The van der Waals surface area contributed by atoms with Crippen LogP contribution in [0.4, 0.5) is 4.79 Å². The average molecular weight is 156 g/mol. The SMILES string of the molecule is CCCC[C@H]1CCNC(=O)N1. The zero-order valence-corrected chi connectivity index (χ0v) is 7.02. The molecule has 0 spiro atoms. The van der Waals surface area contributed by atoms with Crippen LogP contribution < -0.4 is 10.6 Å². The van der Waals surface area contributed by atoms with E-state index in [1.165, 1.54) is 12.8 Å². The van der Waals surface area contributed by atoms with Gasteiger partial charge in [0.2, 0.25) is 0 Å². The van der Waals surface area contributed by atoms with Crippen LogP contribution in [0.5, 0.6) is 0 Å². The Morgan fingerprint density at radius 3 is 3.09 bits per heavy atom. The molecule has 1 aliphatic heterocycles. The van der Waals surface area contributed by atoms with E-state index >= 15 is 0 Å². The van der Waals surface area contributed by atoms with Gasteiger partial charge in [0.15, 0.2) is 0 Å². The summed E-state index contributed by atoms with van der Waals surface area (Å²) in [6, 6.07) is 0.418. The minimum atomic E-state index is -0.00245. The Labute approximate surface area is 67.5 Å². The smallest absolute Gasteiger partial charge is 0.315 e. The summed E-state index contributed by atoms with van der Waals surface area (Å²) >= 11 is 0. The van der Waals surface area contributed by atoms with Crippen molar-refractivity contribution in [1.29, 1.82) is 0 Å². The van der Waals surface area contributed by atoms with Gasteiger partial charge in [-0.15, -0.1) is 0 Å². The predicted molar refractivity (Wildman–Crippen MR) is 44.5 cm³/mol. The monoisotopic (exact) mass is 156 g/mol. The minimum Gasteiger partial charge on any atom is -0.338 e. The Bertz CT molecular complexity index is 136. The highest BCUT2D eigenvalue weighted by molar-refractivity contribution is 5.74. The van der Waals surface area contributed by atoms with E-state index in [-0.39, 0.29) is 6.03 Å². The van der Waals surface area contributed by atoms with Gasteiger partial charge in [-0.2, -0.15) is 0 Å². The highest BCUT2D eigenvalue weighted by Crippen LogP contribution is 2.05. The number of urea groups is 1. The summed E-state index contributed by atoms with van der Waals surface area (Å²) in [4.78, 5) is 10.8. The first-order chi connectivity index (χ1) is 5.33. The summed E-state index contributed by atoms with van der Waals surface area (Å²) in [6.45, 7) is 3.00. The lowest BCUT2D eigenvalue weighted by molar-refractivity contribution is 0.227. The zero-order valence-electron chi connectivity index (χ0n) is 7.02. The number of rotatable bonds is 3. The molecule has 2 amide bonds. The Kier molecular flexibility index (Phi) is 3.20. The number of hydrogen-bond donors (Lipinski definition) is 2. The topological polar surface area (TPSA) is 41.1 Å². The number of amides is 2. The van der Waals surface area contributed by atoms with E-state index in [1.54, 1.807) is 0 Å². The number of carbonyl (C=O) groups is 1. The van der Waals surface area contributed by atoms with Gasteiger partial charge in [-0.1, -0.05) is 19.8 Å². The molecule has 1 aliphatic rings. The van der Waals surface area contributed by atoms with Gasteiger partial charge >= 0.3 is 6.03 Å². The second-order valence-electron chi connectivity index (χ2n) is 3.03. The molecule has 11 heavy (non-hydrogen) atoms. The lowest BCUT2D eigenvalue weighted by atomic mass is 10.1. The normalized spacial score (nSPS) is 24.1. The van der Waals surface area contributed by atoms with Crippen molar-refractivity contribution in [2.45, 2.75) is 38.6 Å². The van der Waals surface area contributed by atoms with Gasteiger partial charge in [0.1, 0.15) is 0 Å². The van der Waals surface area contributed by atoms with Crippen LogP contribution in [0.1, 0.15) is 32.6 Å². The summed E-state index contributed by atoms with van der Waals surface area (Å²) in [6.07, 6.45) is 4.63. The second-order valence-corrected chi connectivity index (χ2v) is 3.03. The maximum atomic E-state index is 10.8. The fourth-order valence-electron chi connectivity index (χ4n) is 1.34. The first kappa shape index (κ1) is 8.37. The summed E-state index contributed by atoms with van der Waals surface area (Å²) in [5.74, 6) is 0. The number of hydrogen-bond acceptors (Lipinski definition) is 1. The van der Waals surface area contributed by atoms with Crippen molar-refractivity contribution in [1.82, 2.24) is 10.6 Å². The average Bonchev–Trinajstić information content (AvgIpc) is 2.01. The standard InChI is InChI=1S/C8H16N2O/c1-2-3-4-7-5-6-9-8(11)10-7/h7H,2-6H2,1H3,(H2,9,10,11)/t7-/m0/s1. The van der Waals surface area contributed by atoms with Gasteiger partial charge in [0.25, 0.3) is 0 Å². The van der Waals surface area contributed by atoms with Crippen LogP contribution in [0.25, 0.3) is 0 Å². The zero-order chi connectivity index (χ0) is 8.10. The van der Waals surface area contributed by atoms with Gasteiger partial charge in [-0.3, -0.25) is 0 Å². The minimum absolute atomic E-state index is 0.00245. The van der Waals surface area contributed by atoms with E-state index in [0.717, 1.165) is 19.4 Å². The molecule has 1 rings (SSSR count). The first-order valence-corrected chi connectivity index (χ1v) is 4.37. The maximum Gasteiger partial charge on any atom is 0.315 e. The van der Waals surface area contributed by atoms with E-state index in [2.05, 4.69) is 17.6 Å². The number of unbranched alkanes of at least 4 members (excludes halogenated alkanes) is 1. The molecular weight excluding hydrogens is 140 g/mol. The Morgan fingerprint density at radius 2 is 2.45 bits per heavy atom. The van der Waals surface area contributed by atoms with Gasteiger partial charge in [0.05, 0.1) is 0 Å². The molecule has 0 unspecified atom stereocenters. The third-order valence-corrected chi connectivity index (χ3v) is 2.02. The van der Waals surface area contributed by atoms with Gasteiger partial charge in [-0.25, -0.2) is 4.79 Å². The fourth-order valence-corrected chi connectivity index (χ4v) is 1.34. The molecule has 1 atom stereocenters. The Hall–Kier alpha value is -0.730. The first-order valence-electron chi connectivity index (χ1n) is 4.37. The molecule has 3 heteroatoms. The van der Waals surface area contributed by atoms with Crippen LogP contribution in [0.2, 0.25) is 0 Å². The molecule has 0 saturated carbocycles. The van der Waals surface area contributed by atoms with Crippen molar-refractivity contribution in [3.63, 3.8) is 0 Å². The van der Waals surface area contributed by atoms with Crippen LogP contribution in [0.15, 0.2) is 0 Å². The van der Waals surface area contributed by atoms with Gasteiger partial charge in [0, 0.05) is 12.6 Å². The van der Waals surface area contributed by atoms with Crippen LogP contribution in [-0.4, -0.2) is 18.6 Å².